The highest BCUT2D eigenvalue weighted by molar-refractivity contribution is 5.91. The number of hydrogen-bond donors (Lipinski definition) is 1. The molecule has 1 fully saturated rings. The lowest BCUT2D eigenvalue weighted by atomic mass is 10.1. The van der Waals surface area contributed by atoms with Crippen LogP contribution in [0.2, 0.25) is 0 Å². The highest BCUT2D eigenvalue weighted by Crippen LogP contribution is 2.18. The summed E-state index contributed by atoms with van der Waals surface area (Å²) in [7, 11) is 3.09. The van der Waals surface area contributed by atoms with E-state index in [1.807, 2.05) is 17.0 Å². The number of ether oxygens (including phenoxy) is 2. The Bertz CT molecular complexity index is 828. The van der Waals surface area contributed by atoms with Crippen LogP contribution < -0.4 is 14.4 Å². The van der Waals surface area contributed by atoms with Gasteiger partial charge in [-0.15, -0.1) is 0 Å². The van der Waals surface area contributed by atoms with Crippen molar-refractivity contribution in [1.82, 2.24) is 4.90 Å². The third kappa shape index (κ3) is 5.10. The van der Waals surface area contributed by atoms with Crippen LogP contribution in [0, 0.1) is 5.82 Å². The Morgan fingerprint density at radius 3 is 2.43 bits per heavy atom. The van der Waals surface area contributed by atoms with Crippen LogP contribution in [-0.4, -0.2) is 51.2 Å². The highest BCUT2D eigenvalue weighted by Gasteiger charge is 2.22. The van der Waals surface area contributed by atoms with Crippen LogP contribution in [0.15, 0.2) is 48.5 Å². The summed E-state index contributed by atoms with van der Waals surface area (Å²) in [5.41, 5.74) is 1.90. The number of carbonyl (C=O) groups excluding carboxylic acids is 1. The predicted molar refractivity (Wildman–Crippen MR) is 106 cm³/mol. The lowest BCUT2D eigenvalue weighted by Gasteiger charge is -2.31. The standard InChI is InChI=1S/C22H25FN2O3/c1-27-19-7-3-18(4-8-19)16-24-11-13-25(14-12-24)22(26)10-6-17-5-9-21(28-2)20(23)15-17/h3-10,15H,11-14,16H2,1-2H3/p+1/b10-6+. The molecule has 0 aromatic heterocycles. The molecule has 6 heteroatoms. The Hall–Kier alpha value is -2.86. The number of piperazine rings is 1. The molecule has 1 saturated heterocycles. The first-order chi connectivity index (χ1) is 13.6. The monoisotopic (exact) mass is 385 g/mol. The number of carbonyl (C=O) groups is 1. The van der Waals surface area contributed by atoms with Crippen LogP contribution in [0.5, 0.6) is 11.5 Å². The van der Waals surface area contributed by atoms with Gasteiger partial charge < -0.3 is 19.3 Å². The topological polar surface area (TPSA) is 43.2 Å². The molecule has 1 aliphatic rings. The second-order valence-corrected chi connectivity index (χ2v) is 6.83. The van der Waals surface area contributed by atoms with Crippen LogP contribution in [0.1, 0.15) is 11.1 Å². The van der Waals surface area contributed by atoms with Gasteiger partial charge in [-0.25, -0.2) is 4.39 Å². The fraction of sp³-hybridized carbons (Fsp3) is 0.318. The maximum Gasteiger partial charge on any atom is 0.246 e. The molecule has 1 aliphatic heterocycles. The molecule has 0 radical (unpaired) electrons. The fourth-order valence-electron chi connectivity index (χ4n) is 3.31. The van der Waals surface area contributed by atoms with Crippen LogP contribution in [0.3, 0.4) is 0 Å². The maximum atomic E-state index is 13.7. The van der Waals surface area contributed by atoms with Crippen molar-refractivity contribution < 1.29 is 23.6 Å². The maximum absolute atomic E-state index is 13.7. The van der Waals surface area contributed by atoms with Crippen molar-refractivity contribution in [3.05, 3.63) is 65.5 Å². The summed E-state index contributed by atoms with van der Waals surface area (Å²) in [6, 6.07) is 12.8. The van der Waals surface area contributed by atoms with E-state index in [9.17, 15) is 9.18 Å². The summed E-state index contributed by atoms with van der Waals surface area (Å²) in [4.78, 5) is 15.7. The van der Waals surface area contributed by atoms with Gasteiger partial charge in [0.25, 0.3) is 0 Å². The van der Waals surface area contributed by atoms with Crippen molar-refractivity contribution in [3.8, 4) is 11.5 Å². The molecule has 0 unspecified atom stereocenters. The average Bonchev–Trinajstić information content (AvgIpc) is 2.73. The fourth-order valence-corrected chi connectivity index (χ4v) is 3.31. The first kappa shape index (κ1) is 19.9. The first-order valence-corrected chi connectivity index (χ1v) is 9.36. The van der Waals surface area contributed by atoms with Crippen molar-refractivity contribution in [2.75, 3.05) is 40.4 Å². The summed E-state index contributed by atoms with van der Waals surface area (Å²) in [5.74, 6) is 0.574. The van der Waals surface area contributed by atoms with E-state index in [0.717, 1.165) is 25.4 Å². The van der Waals surface area contributed by atoms with Gasteiger partial charge in [0.15, 0.2) is 11.6 Å². The Morgan fingerprint density at radius 1 is 1.11 bits per heavy atom. The quantitative estimate of drug-likeness (QED) is 0.771. The van der Waals surface area contributed by atoms with E-state index in [0.29, 0.717) is 18.7 Å². The number of amides is 1. The molecule has 3 rings (SSSR count). The van der Waals surface area contributed by atoms with E-state index < -0.39 is 5.82 Å². The zero-order chi connectivity index (χ0) is 19.9. The summed E-state index contributed by atoms with van der Waals surface area (Å²) in [6.45, 7) is 4.18. The predicted octanol–water partition coefficient (Wildman–Crippen LogP) is 1.78. The molecule has 1 N–H and O–H groups in total. The number of quaternary nitrogens is 1. The van der Waals surface area contributed by atoms with Gasteiger partial charge >= 0.3 is 0 Å². The molecule has 2 aromatic rings. The van der Waals surface area contributed by atoms with Crippen LogP contribution in [0.4, 0.5) is 4.39 Å². The molecule has 28 heavy (non-hydrogen) atoms. The van der Waals surface area contributed by atoms with Gasteiger partial charge in [0.2, 0.25) is 5.91 Å². The normalized spacial score (nSPS) is 15.0. The first-order valence-electron chi connectivity index (χ1n) is 9.36. The Kier molecular flexibility index (Phi) is 6.66. The highest BCUT2D eigenvalue weighted by atomic mass is 19.1. The number of halogens is 1. The number of methoxy groups -OCH3 is 2. The zero-order valence-electron chi connectivity index (χ0n) is 16.3. The second kappa shape index (κ2) is 9.37. The van der Waals surface area contributed by atoms with Gasteiger partial charge in [-0.1, -0.05) is 6.07 Å². The van der Waals surface area contributed by atoms with E-state index in [2.05, 4.69) is 12.1 Å². The van der Waals surface area contributed by atoms with Crippen molar-refractivity contribution in [3.63, 3.8) is 0 Å². The Balaban J connectivity index is 1.49. The van der Waals surface area contributed by atoms with E-state index in [1.54, 1.807) is 25.3 Å². The van der Waals surface area contributed by atoms with Gasteiger partial charge in [0.05, 0.1) is 40.4 Å². The van der Waals surface area contributed by atoms with Gasteiger partial charge in [-0.3, -0.25) is 4.79 Å². The molecular formula is C22H26FN2O3+. The Labute approximate surface area is 165 Å². The van der Waals surface area contributed by atoms with Crippen molar-refractivity contribution >= 4 is 12.0 Å². The average molecular weight is 385 g/mol. The summed E-state index contributed by atoms with van der Waals surface area (Å²) in [6.07, 6.45) is 3.15. The molecule has 0 aliphatic carbocycles. The lowest BCUT2D eigenvalue weighted by molar-refractivity contribution is -0.917. The van der Waals surface area contributed by atoms with Crippen molar-refractivity contribution in [1.29, 1.82) is 0 Å². The molecule has 2 aromatic carbocycles. The molecule has 1 heterocycles. The zero-order valence-corrected chi connectivity index (χ0v) is 16.3. The summed E-state index contributed by atoms with van der Waals surface area (Å²) in [5, 5.41) is 0. The third-order valence-electron chi connectivity index (χ3n) is 4.99. The minimum absolute atomic E-state index is 0.0419. The number of benzene rings is 2. The van der Waals surface area contributed by atoms with E-state index in [4.69, 9.17) is 9.47 Å². The van der Waals surface area contributed by atoms with Crippen LogP contribution >= 0.6 is 0 Å². The third-order valence-corrected chi connectivity index (χ3v) is 4.99. The van der Waals surface area contributed by atoms with Gasteiger partial charge in [0, 0.05) is 11.6 Å². The van der Waals surface area contributed by atoms with Crippen LogP contribution in [0.25, 0.3) is 6.08 Å². The van der Waals surface area contributed by atoms with Crippen molar-refractivity contribution in [2.24, 2.45) is 0 Å². The lowest BCUT2D eigenvalue weighted by Crippen LogP contribution is -3.13. The largest absolute Gasteiger partial charge is 0.497 e. The molecule has 1 amide bonds. The molecule has 0 spiro atoms. The molecule has 0 saturated carbocycles. The van der Waals surface area contributed by atoms with Crippen molar-refractivity contribution in [2.45, 2.75) is 6.54 Å². The SMILES string of the molecule is COc1ccc(C[NH+]2CCN(C(=O)/C=C/c3ccc(OC)c(F)c3)CC2)cc1. The van der Waals surface area contributed by atoms with E-state index >= 15 is 0 Å². The summed E-state index contributed by atoms with van der Waals surface area (Å²) < 4.78 is 23.8. The second-order valence-electron chi connectivity index (χ2n) is 6.83. The van der Waals surface area contributed by atoms with Crippen LogP contribution in [-0.2, 0) is 11.3 Å². The number of nitrogens with zero attached hydrogens (tertiary/aromatic N) is 1. The van der Waals surface area contributed by atoms with Gasteiger partial charge in [0.1, 0.15) is 12.3 Å². The number of nitrogens with one attached hydrogen (secondary N) is 1. The molecular weight excluding hydrogens is 359 g/mol. The van der Waals surface area contributed by atoms with Gasteiger partial charge in [-0.2, -0.15) is 0 Å². The van der Waals surface area contributed by atoms with Gasteiger partial charge in [-0.05, 0) is 48.0 Å². The minimum atomic E-state index is -0.437. The molecule has 5 nitrogen and oxygen atoms in total. The smallest absolute Gasteiger partial charge is 0.246 e. The molecule has 0 atom stereocenters. The number of hydrogen-bond acceptors (Lipinski definition) is 3. The van der Waals surface area contributed by atoms with E-state index in [-0.39, 0.29) is 11.7 Å². The van der Waals surface area contributed by atoms with E-state index in [1.165, 1.54) is 29.7 Å². The number of rotatable bonds is 6. The minimum Gasteiger partial charge on any atom is -0.497 e. The molecule has 148 valence electrons. The Morgan fingerprint density at radius 2 is 1.82 bits per heavy atom. The molecule has 0 bridgehead atoms. The summed E-state index contributed by atoms with van der Waals surface area (Å²) >= 11 is 0.